The van der Waals surface area contributed by atoms with Crippen molar-refractivity contribution < 1.29 is 4.79 Å². The van der Waals surface area contributed by atoms with Gasteiger partial charge in [0.15, 0.2) is 0 Å². The number of carbonyl (C=O) groups is 1. The topological polar surface area (TPSA) is 46.4 Å². The molecule has 4 nitrogen and oxygen atoms in total. The normalized spacial score (nSPS) is 11.2. The first-order valence-electron chi connectivity index (χ1n) is 9.32. The third kappa shape index (κ3) is 4.39. The van der Waals surface area contributed by atoms with E-state index in [-0.39, 0.29) is 5.91 Å². The third-order valence-corrected chi connectivity index (χ3v) is 4.95. The lowest BCUT2D eigenvalue weighted by Gasteiger charge is -2.06. The van der Waals surface area contributed by atoms with Gasteiger partial charge in [-0.2, -0.15) is 5.10 Å². The first kappa shape index (κ1) is 19.0. The quantitative estimate of drug-likeness (QED) is 0.352. The number of aryl methyl sites for hydroxylation is 1. The number of nitrogens with zero attached hydrogens (tertiary/aromatic N) is 2. The monoisotopic (exact) mass is 401 g/mol. The Labute approximate surface area is 174 Å². The molecule has 0 aliphatic heterocycles. The van der Waals surface area contributed by atoms with Gasteiger partial charge in [-0.1, -0.05) is 65.7 Å². The largest absolute Gasteiger partial charge is 0.342 e. The van der Waals surface area contributed by atoms with Crippen LogP contribution in [0.15, 0.2) is 84.1 Å². The van der Waals surface area contributed by atoms with E-state index in [1.54, 1.807) is 30.5 Å². The number of amides is 1. The first-order chi connectivity index (χ1) is 14.1. The summed E-state index contributed by atoms with van der Waals surface area (Å²) in [6.45, 7) is 2.86. The predicted molar refractivity (Wildman–Crippen MR) is 119 cm³/mol. The lowest BCUT2D eigenvalue weighted by Crippen LogP contribution is -2.17. The highest BCUT2D eigenvalue weighted by Crippen LogP contribution is 2.21. The zero-order valence-corrected chi connectivity index (χ0v) is 16.7. The number of aromatic nitrogens is 1. The highest BCUT2D eigenvalue weighted by molar-refractivity contribution is 6.30. The number of benzene rings is 3. The van der Waals surface area contributed by atoms with Crippen LogP contribution < -0.4 is 5.43 Å². The van der Waals surface area contributed by atoms with E-state index in [1.807, 2.05) is 12.1 Å². The van der Waals surface area contributed by atoms with Crippen molar-refractivity contribution in [2.24, 2.45) is 5.10 Å². The fourth-order valence-corrected chi connectivity index (χ4v) is 3.56. The highest BCUT2D eigenvalue weighted by Gasteiger charge is 2.08. The summed E-state index contributed by atoms with van der Waals surface area (Å²) >= 11 is 5.94. The maximum Gasteiger partial charge on any atom is 0.271 e. The number of para-hydroxylation sites is 1. The van der Waals surface area contributed by atoms with E-state index in [1.165, 1.54) is 11.1 Å². The summed E-state index contributed by atoms with van der Waals surface area (Å²) in [4.78, 5) is 12.2. The minimum absolute atomic E-state index is 0.299. The zero-order chi connectivity index (χ0) is 20.2. The van der Waals surface area contributed by atoms with Crippen molar-refractivity contribution >= 4 is 34.6 Å². The molecule has 0 fully saturated rings. The second-order valence-electron chi connectivity index (χ2n) is 6.93. The summed E-state index contributed by atoms with van der Waals surface area (Å²) in [7, 11) is 0. The van der Waals surface area contributed by atoms with Gasteiger partial charge in [-0.15, -0.1) is 0 Å². The van der Waals surface area contributed by atoms with Crippen LogP contribution in [-0.2, 0) is 6.54 Å². The third-order valence-electron chi connectivity index (χ3n) is 4.71. The molecule has 0 bridgehead atoms. The molecule has 0 spiro atoms. The fourth-order valence-electron chi connectivity index (χ4n) is 3.37. The van der Waals surface area contributed by atoms with Gasteiger partial charge in [0.05, 0.1) is 6.21 Å². The van der Waals surface area contributed by atoms with Crippen molar-refractivity contribution in [3.8, 4) is 0 Å². The number of hydrogen-bond acceptors (Lipinski definition) is 2. The number of rotatable bonds is 5. The molecule has 0 saturated heterocycles. The van der Waals surface area contributed by atoms with E-state index in [0.29, 0.717) is 10.6 Å². The van der Waals surface area contributed by atoms with E-state index in [0.717, 1.165) is 23.0 Å². The molecule has 29 heavy (non-hydrogen) atoms. The lowest BCUT2D eigenvalue weighted by atomic mass is 10.1. The Morgan fingerprint density at radius 3 is 2.72 bits per heavy atom. The van der Waals surface area contributed by atoms with Gasteiger partial charge in [-0.25, -0.2) is 5.43 Å². The molecule has 1 N–H and O–H groups in total. The SMILES string of the molecule is Cc1cccc(Cn2cc(/C=N\NC(=O)c3cccc(Cl)c3)c3ccccc32)c1. The molecule has 0 saturated carbocycles. The molecule has 0 aliphatic carbocycles. The fraction of sp³-hybridized carbons (Fsp3) is 0.0833. The number of hydrazone groups is 1. The minimum atomic E-state index is -0.299. The van der Waals surface area contributed by atoms with E-state index in [9.17, 15) is 4.79 Å². The molecule has 1 heterocycles. The summed E-state index contributed by atoms with van der Waals surface area (Å²) < 4.78 is 2.20. The average molecular weight is 402 g/mol. The van der Waals surface area contributed by atoms with Gasteiger partial charge in [0.1, 0.15) is 0 Å². The Bertz CT molecular complexity index is 1210. The maximum atomic E-state index is 12.2. The van der Waals surface area contributed by atoms with Crippen molar-refractivity contribution in [1.29, 1.82) is 0 Å². The second-order valence-corrected chi connectivity index (χ2v) is 7.36. The molecule has 0 aliphatic rings. The van der Waals surface area contributed by atoms with Crippen molar-refractivity contribution in [2.75, 3.05) is 0 Å². The van der Waals surface area contributed by atoms with Crippen LogP contribution in [0.2, 0.25) is 5.02 Å². The van der Waals surface area contributed by atoms with Crippen molar-refractivity contribution in [2.45, 2.75) is 13.5 Å². The number of hydrogen-bond donors (Lipinski definition) is 1. The average Bonchev–Trinajstić information content (AvgIpc) is 3.06. The van der Waals surface area contributed by atoms with Gasteiger partial charge in [0, 0.05) is 39.8 Å². The second kappa shape index (κ2) is 8.33. The van der Waals surface area contributed by atoms with Crippen LogP contribution in [-0.4, -0.2) is 16.7 Å². The van der Waals surface area contributed by atoms with Gasteiger partial charge >= 0.3 is 0 Å². The molecule has 3 aromatic carbocycles. The molecule has 1 aromatic heterocycles. The number of halogens is 1. The summed E-state index contributed by atoms with van der Waals surface area (Å²) in [5, 5.41) is 5.75. The van der Waals surface area contributed by atoms with Crippen LogP contribution in [0.25, 0.3) is 10.9 Å². The molecule has 4 rings (SSSR count). The lowest BCUT2D eigenvalue weighted by molar-refractivity contribution is 0.0955. The molecule has 0 unspecified atom stereocenters. The molecule has 0 radical (unpaired) electrons. The van der Waals surface area contributed by atoms with E-state index in [4.69, 9.17) is 11.6 Å². The van der Waals surface area contributed by atoms with Crippen molar-refractivity contribution in [3.63, 3.8) is 0 Å². The highest BCUT2D eigenvalue weighted by atomic mass is 35.5. The van der Waals surface area contributed by atoms with Gasteiger partial charge < -0.3 is 4.57 Å². The van der Waals surface area contributed by atoms with Crippen LogP contribution in [0.5, 0.6) is 0 Å². The minimum Gasteiger partial charge on any atom is -0.342 e. The smallest absolute Gasteiger partial charge is 0.271 e. The molecular weight excluding hydrogens is 382 g/mol. The Morgan fingerprint density at radius 1 is 1.07 bits per heavy atom. The van der Waals surface area contributed by atoms with Gasteiger partial charge in [-0.3, -0.25) is 4.79 Å². The summed E-state index contributed by atoms with van der Waals surface area (Å²) in [5.41, 5.74) is 7.58. The van der Waals surface area contributed by atoms with Crippen molar-refractivity contribution in [1.82, 2.24) is 9.99 Å². The Hall–Kier alpha value is -3.37. The van der Waals surface area contributed by atoms with Crippen LogP contribution in [0.1, 0.15) is 27.0 Å². The summed E-state index contributed by atoms with van der Waals surface area (Å²) in [6, 6.07) is 23.4. The standard InChI is InChI=1S/C24H20ClN3O/c1-17-6-4-7-18(12-17)15-28-16-20(22-10-2-3-11-23(22)28)14-26-27-24(29)19-8-5-9-21(25)13-19/h2-14,16H,15H2,1H3,(H,27,29)/b26-14-. The summed E-state index contributed by atoms with van der Waals surface area (Å²) in [5.74, 6) is -0.299. The van der Waals surface area contributed by atoms with Crippen LogP contribution in [0, 0.1) is 6.92 Å². The van der Waals surface area contributed by atoms with Gasteiger partial charge in [-0.05, 0) is 36.8 Å². The van der Waals surface area contributed by atoms with Crippen LogP contribution >= 0.6 is 11.6 Å². The molecule has 5 heteroatoms. The zero-order valence-electron chi connectivity index (χ0n) is 16.0. The molecular formula is C24H20ClN3O. The first-order valence-corrected chi connectivity index (χ1v) is 9.70. The molecule has 1 amide bonds. The van der Waals surface area contributed by atoms with Crippen LogP contribution in [0.3, 0.4) is 0 Å². The van der Waals surface area contributed by atoms with E-state index >= 15 is 0 Å². The molecule has 0 atom stereocenters. The Kier molecular flexibility index (Phi) is 5.45. The molecule has 4 aromatic rings. The summed E-state index contributed by atoms with van der Waals surface area (Å²) in [6.07, 6.45) is 3.74. The number of nitrogens with one attached hydrogen (secondary N) is 1. The molecule has 144 valence electrons. The van der Waals surface area contributed by atoms with Gasteiger partial charge in [0.25, 0.3) is 5.91 Å². The predicted octanol–water partition coefficient (Wildman–Crippen LogP) is 5.42. The maximum absolute atomic E-state index is 12.2. The van der Waals surface area contributed by atoms with Crippen LogP contribution in [0.4, 0.5) is 0 Å². The van der Waals surface area contributed by atoms with Gasteiger partial charge in [0.2, 0.25) is 0 Å². The van der Waals surface area contributed by atoms with E-state index in [2.05, 4.69) is 64.6 Å². The Morgan fingerprint density at radius 2 is 1.90 bits per heavy atom. The number of fused-ring (bicyclic) bond motifs is 1. The van der Waals surface area contributed by atoms with E-state index < -0.39 is 0 Å². The Balaban J connectivity index is 1.57. The van der Waals surface area contributed by atoms with Crippen molar-refractivity contribution in [3.05, 3.63) is 106 Å². The number of carbonyl (C=O) groups excluding carboxylic acids is 1.